The van der Waals surface area contributed by atoms with Crippen LogP contribution in [0.3, 0.4) is 0 Å². The van der Waals surface area contributed by atoms with Crippen LogP contribution in [0.15, 0.2) is 116 Å². The molecule has 230 valence electrons. The van der Waals surface area contributed by atoms with Gasteiger partial charge in [0.2, 0.25) is 0 Å². The third-order valence-corrected chi connectivity index (χ3v) is 7.87. The van der Waals surface area contributed by atoms with Crippen molar-refractivity contribution in [2.24, 2.45) is 0 Å². The molecule has 8 aromatic rings. The number of aromatic nitrogens is 10. The molecule has 0 unspecified atom stereocenters. The van der Waals surface area contributed by atoms with Crippen molar-refractivity contribution < 1.29 is 16.5 Å². The fraction of sp³-hybridized carbons (Fsp3) is 0. The topological polar surface area (TPSA) is 173 Å². The zero-order valence-corrected chi connectivity index (χ0v) is 25.6. The van der Waals surface area contributed by atoms with Gasteiger partial charge in [-0.1, -0.05) is 97.1 Å². The third-order valence-electron chi connectivity index (χ3n) is 7.87. The van der Waals surface area contributed by atoms with Crippen molar-refractivity contribution in [3.8, 4) is 45.6 Å². The Balaban J connectivity index is 0.000000462. The third kappa shape index (κ3) is 5.02. The summed E-state index contributed by atoms with van der Waals surface area (Å²) in [5.41, 5.74) is 6.45. The molecule has 4 aromatic carbocycles. The summed E-state index contributed by atoms with van der Waals surface area (Å²) in [6.07, 6.45) is 3.46. The molecule has 6 N–H and O–H groups in total. The molecule has 0 fully saturated rings. The Kier molecular flexibility index (Phi) is 7.57. The zero-order chi connectivity index (χ0) is 29.7. The standard InChI is InChI=1S/C32H18N8.C3H4N2.H3N.Ni/c1-2-10-18-17(9-1)25-33-26(18)38-28-21-13-5-6-14-22(21)30(35-28)40-32-24-16-8-7-15-23(24)31(36-32)39-29-20-12-4-3-11-19(20)27(34-29)37-25;1-2-4-5-3-1;;/h1-16H,(H2,33,34,35,36,37,38,39,40);1-3H,(H,4,5);1H3;. The molecule has 0 spiro atoms. The largest absolute Gasteiger partial charge is 0.344 e. The zero-order valence-electron chi connectivity index (χ0n) is 24.6. The van der Waals surface area contributed by atoms with Gasteiger partial charge in [0.1, 0.15) is 22.6 Å². The Labute approximate surface area is 277 Å². The van der Waals surface area contributed by atoms with E-state index in [1.54, 1.807) is 12.4 Å². The van der Waals surface area contributed by atoms with Gasteiger partial charge < -0.3 is 16.1 Å². The van der Waals surface area contributed by atoms with E-state index in [2.05, 4.69) is 20.2 Å². The molecule has 6 heterocycles. The molecule has 12 heteroatoms. The first-order valence-electron chi connectivity index (χ1n) is 14.4. The summed E-state index contributed by atoms with van der Waals surface area (Å²) in [6, 6.07) is 34.1. The minimum Gasteiger partial charge on any atom is -0.344 e. The summed E-state index contributed by atoms with van der Waals surface area (Å²) in [7, 11) is 0. The van der Waals surface area contributed by atoms with Gasteiger partial charge in [-0.2, -0.15) is 5.10 Å². The minimum absolute atomic E-state index is 0. The van der Waals surface area contributed by atoms with Crippen LogP contribution < -0.4 is 6.15 Å². The van der Waals surface area contributed by atoms with Crippen molar-refractivity contribution >= 4 is 44.1 Å². The van der Waals surface area contributed by atoms with Gasteiger partial charge in [-0.15, -0.1) is 0 Å². The number of H-pyrrole nitrogens is 3. The van der Waals surface area contributed by atoms with Crippen LogP contribution in [0.5, 0.6) is 0 Å². The van der Waals surface area contributed by atoms with Crippen molar-refractivity contribution in [2.45, 2.75) is 0 Å². The van der Waals surface area contributed by atoms with E-state index in [0.29, 0.717) is 45.9 Å². The van der Waals surface area contributed by atoms with Crippen molar-refractivity contribution in [3.05, 3.63) is 116 Å². The van der Waals surface area contributed by atoms with Crippen LogP contribution in [-0.2, 0) is 16.5 Å². The molecule has 0 aliphatic carbocycles. The molecule has 2 aliphatic rings. The fourth-order valence-corrected chi connectivity index (χ4v) is 5.81. The normalized spacial score (nSPS) is 11.1. The van der Waals surface area contributed by atoms with Crippen LogP contribution >= 0.6 is 0 Å². The summed E-state index contributed by atoms with van der Waals surface area (Å²) in [5.74, 6) is 2.39. The quantitative estimate of drug-likeness (QED) is 0.122. The summed E-state index contributed by atoms with van der Waals surface area (Å²) in [6.45, 7) is 0. The molecule has 0 amide bonds. The molecule has 11 nitrogen and oxygen atoms in total. The molecule has 0 atom stereocenters. The monoisotopic (exact) mass is 657 g/mol. The van der Waals surface area contributed by atoms with Crippen LogP contribution in [0.2, 0.25) is 0 Å². The van der Waals surface area contributed by atoms with Crippen molar-refractivity contribution in [1.29, 1.82) is 0 Å². The number of nitrogens with zero attached hydrogens (tertiary/aromatic N) is 7. The SMILES string of the molecule is N.[Ni].c1ccc2c(c1)-c1nc-2nc2[nH]c(nc3nc(nc4[nH]c(n1)c1ccccc41)-c1ccccc1-3)c1ccccc21.c1cn[nH]c1. The van der Waals surface area contributed by atoms with Crippen LogP contribution in [0.1, 0.15) is 0 Å². The maximum Gasteiger partial charge on any atom is 0.164 e. The fourth-order valence-electron chi connectivity index (χ4n) is 5.81. The predicted molar refractivity (Wildman–Crippen MR) is 180 cm³/mol. The molecule has 0 radical (unpaired) electrons. The van der Waals surface area contributed by atoms with E-state index in [9.17, 15) is 0 Å². The molecule has 47 heavy (non-hydrogen) atoms. The molecule has 2 aliphatic heterocycles. The van der Waals surface area contributed by atoms with Gasteiger partial charge in [0.05, 0.1) is 0 Å². The summed E-state index contributed by atoms with van der Waals surface area (Å²) in [4.78, 5) is 36.8. The number of fused-ring (bicyclic) bond motifs is 20. The average Bonchev–Trinajstić information content (AvgIpc) is 3.93. The number of nitrogens with one attached hydrogen (secondary N) is 3. The second kappa shape index (κ2) is 12.0. The Bertz CT molecular complexity index is 2230. The summed E-state index contributed by atoms with van der Waals surface area (Å²) >= 11 is 0. The van der Waals surface area contributed by atoms with E-state index in [4.69, 9.17) is 29.9 Å². The molecule has 0 saturated heterocycles. The van der Waals surface area contributed by atoms with Gasteiger partial charge in [-0.05, 0) is 6.07 Å². The Morgan fingerprint density at radius 1 is 0.383 bits per heavy atom. The van der Waals surface area contributed by atoms with Crippen molar-refractivity contribution in [2.75, 3.05) is 0 Å². The molecule has 8 bridgehead atoms. The van der Waals surface area contributed by atoms with Gasteiger partial charge in [-0.25, -0.2) is 29.9 Å². The minimum atomic E-state index is 0. The van der Waals surface area contributed by atoms with Crippen LogP contribution in [0, 0.1) is 0 Å². The summed E-state index contributed by atoms with van der Waals surface area (Å²) < 4.78 is 0. The van der Waals surface area contributed by atoms with Gasteiger partial charge in [0, 0.05) is 72.7 Å². The van der Waals surface area contributed by atoms with E-state index in [1.807, 2.05) is 103 Å². The number of hydrogen-bond donors (Lipinski definition) is 4. The van der Waals surface area contributed by atoms with Crippen LogP contribution in [0.25, 0.3) is 89.7 Å². The average molecular weight is 658 g/mol. The first-order valence-corrected chi connectivity index (χ1v) is 14.4. The Morgan fingerprint density at radius 3 is 0.957 bits per heavy atom. The second-order valence-electron chi connectivity index (χ2n) is 10.6. The van der Waals surface area contributed by atoms with Gasteiger partial charge >= 0.3 is 0 Å². The maximum absolute atomic E-state index is 5.02. The van der Waals surface area contributed by atoms with Crippen LogP contribution in [-0.4, -0.2) is 50.1 Å². The smallest absolute Gasteiger partial charge is 0.164 e. The maximum atomic E-state index is 5.02. The number of benzene rings is 4. The second-order valence-corrected chi connectivity index (χ2v) is 10.6. The number of aromatic amines is 3. The van der Waals surface area contributed by atoms with E-state index in [-0.39, 0.29) is 22.6 Å². The van der Waals surface area contributed by atoms with E-state index < -0.39 is 0 Å². The molecular weight excluding hydrogens is 633 g/mol. The first-order chi connectivity index (χ1) is 22.3. The molecule has 10 rings (SSSR count). The van der Waals surface area contributed by atoms with Gasteiger partial charge in [0.25, 0.3) is 0 Å². The first kappa shape index (κ1) is 29.6. The van der Waals surface area contributed by atoms with E-state index in [1.165, 1.54) is 0 Å². The number of hydrogen-bond acceptors (Lipinski definition) is 8. The molecule has 0 saturated carbocycles. The molecular formula is C35H25N11Ni. The Morgan fingerprint density at radius 2 is 0.702 bits per heavy atom. The Hall–Kier alpha value is -6.10. The predicted octanol–water partition coefficient (Wildman–Crippen LogP) is 7.44. The van der Waals surface area contributed by atoms with Crippen molar-refractivity contribution in [3.63, 3.8) is 0 Å². The van der Waals surface area contributed by atoms with E-state index in [0.717, 1.165) is 43.8 Å². The summed E-state index contributed by atoms with van der Waals surface area (Å²) in [5, 5.41) is 10.0. The van der Waals surface area contributed by atoms with Gasteiger partial charge in [-0.3, -0.25) is 5.10 Å². The van der Waals surface area contributed by atoms with Crippen LogP contribution in [0.4, 0.5) is 0 Å². The van der Waals surface area contributed by atoms with Crippen molar-refractivity contribution in [1.82, 2.24) is 56.2 Å². The van der Waals surface area contributed by atoms with Gasteiger partial charge in [0.15, 0.2) is 23.3 Å². The van der Waals surface area contributed by atoms with E-state index >= 15 is 0 Å². The molecule has 4 aromatic heterocycles. The number of rotatable bonds is 0.